The summed E-state index contributed by atoms with van der Waals surface area (Å²) in [6.07, 6.45) is 3.31. The molecular formula is C23H13Cl2N3O2. The Balaban J connectivity index is 1.78. The van der Waals surface area contributed by atoms with E-state index in [2.05, 4.69) is 4.98 Å². The number of pyridine rings is 3. The summed E-state index contributed by atoms with van der Waals surface area (Å²) in [5.41, 5.74) is 1.76. The Bertz CT molecular complexity index is 1540. The molecule has 3 aromatic heterocycles. The first-order valence-electron chi connectivity index (χ1n) is 9.11. The fraction of sp³-hybridized carbons (Fsp3) is 0. The third kappa shape index (κ3) is 3.09. The summed E-state index contributed by atoms with van der Waals surface area (Å²) < 4.78 is 2.97. The molecule has 30 heavy (non-hydrogen) atoms. The molecule has 5 aromatic rings. The van der Waals surface area contributed by atoms with Gasteiger partial charge >= 0.3 is 0 Å². The van der Waals surface area contributed by atoms with Crippen LogP contribution in [0.1, 0.15) is 0 Å². The first-order valence-corrected chi connectivity index (χ1v) is 9.86. The van der Waals surface area contributed by atoms with Gasteiger partial charge < -0.3 is 0 Å². The van der Waals surface area contributed by atoms with Crippen LogP contribution in [0.25, 0.3) is 33.2 Å². The minimum Gasteiger partial charge on any atom is -0.284 e. The molecule has 5 nitrogen and oxygen atoms in total. The fourth-order valence-electron chi connectivity index (χ4n) is 3.50. The topological polar surface area (TPSA) is 56.9 Å². The predicted octanol–water partition coefficient (Wildman–Crippen LogP) is 5.00. The second-order valence-corrected chi connectivity index (χ2v) is 7.67. The Hall–Kier alpha value is -3.41. The zero-order valence-electron chi connectivity index (χ0n) is 15.4. The van der Waals surface area contributed by atoms with Gasteiger partial charge in [0.25, 0.3) is 11.1 Å². The van der Waals surface area contributed by atoms with E-state index >= 15 is 0 Å². The van der Waals surface area contributed by atoms with Gasteiger partial charge in [-0.1, -0.05) is 41.4 Å². The molecule has 0 spiro atoms. The van der Waals surface area contributed by atoms with Crippen LogP contribution < -0.4 is 11.1 Å². The van der Waals surface area contributed by atoms with Gasteiger partial charge in [0, 0.05) is 28.1 Å². The van der Waals surface area contributed by atoms with E-state index in [0.717, 1.165) is 5.69 Å². The summed E-state index contributed by atoms with van der Waals surface area (Å²) in [5, 5.41) is 1.55. The van der Waals surface area contributed by atoms with Crippen LogP contribution in [0.15, 0.2) is 88.7 Å². The molecule has 3 heterocycles. The second kappa shape index (κ2) is 7.13. The van der Waals surface area contributed by atoms with Crippen LogP contribution in [0, 0.1) is 0 Å². The van der Waals surface area contributed by atoms with E-state index in [1.807, 2.05) is 30.3 Å². The van der Waals surface area contributed by atoms with Crippen molar-refractivity contribution in [1.82, 2.24) is 14.1 Å². The summed E-state index contributed by atoms with van der Waals surface area (Å²) in [6.45, 7) is 0. The minimum absolute atomic E-state index is 0.242. The normalized spacial score (nSPS) is 11.3. The number of rotatable bonds is 2. The van der Waals surface area contributed by atoms with Crippen LogP contribution in [0.4, 0.5) is 0 Å². The lowest BCUT2D eigenvalue weighted by atomic mass is 10.1. The molecule has 0 amide bonds. The quantitative estimate of drug-likeness (QED) is 0.368. The molecule has 0 saturated carbocycles. The molecule has 5 rings (SSSR count). The lowest BCUT2D eigenvalue weighted by Gasteiger charge is -2.10. The lowest BCUT2D eigenvalue weighted by Crippen LogP contribution is -2.20. The number of benzene rings is 2. The van der Waals surface area contributed by atoms with E-state index in [4.69, 9.17) is 23.2 Å². The van der Waals surface area contributed by atoms with Crippen LogP contribution in [0.5, 0.6) is 0 Å². The van der Waals surface area contributed by atoms with Crippen molar-refractivity contribution in [2.24, 2.45) is 0 Å². The van der Waals surface area contributed by atoms with E-state index < -0.39 is 0 Å². The van der Waals surface area contributed by atoms with Gasteiger partial charge in [0.2, 0.25) is 0 Å². The van der Waals surface area contributed by atoms with Crippen molar-refractivity contribution < 1.29 is 0 Å². The monoisotopic (exact) mass is 433 g/mol. The van der Waals surface area contributed by atoms with Crippen LogP contribution in [0.3, 0.4) is 0 Å². The highest BCUT2D eigenvalue weighted by Crippen LogP contribution is 2.22. The Kier molecular flexibility index (Phi) is 4.42. The van der Waals surface area contributed by atoms with Crippen molar-refractivity contribution in [2.75, 3.05) is 0 Å². The highest BCUT2D eigenvalue weighted by Gasteiger charge is 2.12. The first kappa shape index (κ1) is 18.6. The smallest absolute Gasteiger partial charge is 0.264 e. The van der Waals surface area contributed by atoms with Crippen LogP contribution in [-0.4, -0.2) is 14.1 Å². The summed E-state index contributed by atoms with van der Waals surface area (Å²) >= 11 is 12.2. The Morgan fingerprint density at radius 1 is 0.633 bits per heavy atom. The van der Waals surface area contributed by atoms with E-state index in [1.165, 1.54) is 9.13 Å². The first-order chi connectivity index (χ1) is 14.5. The number of fused-ring (bicyclic) bond motifs is 2. The summed E-state index contributed by atoms with van der Waals surface area (Å²) in [5.74, 6) is 0. The lowest BCUT2D eigenvalue weighted by molar-refractivity contribution is 1.000. The van der Waals surface area contributed by atoms with Gasteiger partial charge in [-0.25, -0.2) is 4.98 Å². The van der Waals surface area contributed by atoms with Crippen LogP contribution in [-0.2, 0) is 0 Å². The number of hydrogen-bond donors (Lipinski definition) is 0. The van der Waals surface area contributed by atoms with Gasteiger partial charge in [0.05, 0.1) is 27.5 Å². The minimum atomic E-state index is -0.310. The molecule has 0 radical (unpaired) electrons. The van der Waals surface area contributed by atoms with Crippen molar-refractivity contribution in [3.63, 3.8) is 0 Å². The Labute approximate surface area is 180 Å². The summed E-state index contributed by atoms with van der Waals surface area (Å²) in [6, 6.07) is 19.3. The van der Waals surface area contributed by atoms with E-state index in [1.54, 1.807) is 48.8 Å². The van der Waals surface area contributed by atoms with Crippen LogP contribution in [0.2, 0.25) is 10.0 Å². The largest absolute Gasteiger partial charge is 0.284 e. The molecule has 0 N–H and O–H groups in total. The van der Waals surface area contributed by atoms with Gasteiger partial charge in [-0.2, -0.15) is 0 Å². The molecule has 0 bridgehead atoms. The number of para-hydroxylation sites is 1. The molecule has 146 valence electrons. The van der Waals surface area contributed by atoms with Gasteiger partial charge in [0.15, 0.2) is 0 Å². The van der Waals surface area contributed by atoms with Crippen molar-refractivity contribution in [1.29, 1.82) is 0 Å². The van der Waals surface area contributed by atoms with Gasteiger partial charge in [-0.3, -0.25) is 18.7 Å². The number of aromatic nitrogens is 3. The third-order valence-corrected chi connectivity index (χ3v) is 5.34. The van der Waals surface area contributed by atoms with Crippen molar-refractivity contribution >= 4 is 45.0 Å². The average molecular weight is 434 g/mol. The third-order valence-electron chi connectivity index (χ3n) is 4.90. The average Bonchev–Trinajstić information content (AvgIpc) is 2.73. The Morgan fingerprint density at radius 2 is 1.17 bits per heavy atom. The Morgan fingerprint density at radius 3 is 1.73 bits per heavy atom. The van der Waals surface area contributed by atoms with Gasteiger partial charge in [-0.05, 0) is 48.5 Å². The number of halogens is 2. The SMILES string of the molecule is O=c1c2cc3c(=O)n(-c4cc(Cl)cc(Cl)c4)ccc3nc2ccn1-c1ccccc1. The van der Waals surface area contributed by atoms with E-state index in [0.29, 0.717) is 37.5 Å². The molecule has 0 aliphatic heterocycles. The molecule has 0 aliphatic rings. The zero-order valence-corrected chi connectivity index (χ0v) is 16.9. The van der Waals surface area contributed by atoms with Crippen LogP contribution >= 0.6 is 23.2 Å². The summed E-state index contributed by atoms with van der Waals surface area (Å²) in [7, 11) is 0. The molecule has 0 fully saturated rings. The molecule has 0 atom stereocenters. The van der Waals surface area contributed by atoms with Gasteiger partial charge in [-0.15, -0.1) is 0 Å². The molecule has 2 aromatic carbocycles. The van der Waals surface area contributed by atoms with Crippen molar-refractivity contribution in [3.8, 4) is 11.4 Å². The molecule has 0 saturated heterocycles. The molecule has 0 unspecified atom stereocenters. The maximum absolute atomic E-state index is 13.2. The fourth-order valence-corrected chi connectivity index (χ4v) is 4.01. The number of hydrogen-bond acceptors (Lipinski definition) is 3. The molecule has 0 aliphatic carbocycles. The summed E-state index contributed by atoms with van der Waals surface area (Å²) in [4.78, 5) is 30.8. The predicted molar refractivity (Wildman–Crippen MR) is 120 cm³/mol. The van der Waals surface area contributed by atoms with Crippen molar-refractivity contribution in [2.45, 2.75) is 0 Å². The van der Waals surface area contributed by atoms with E-state index in [-0.39, 0.29) is 11.1 Å². The number of nitrogens with zero attached hydrogens (tertiary/aromatic N) is 3. The second-order valence-electron chi connectivity index (χ2n) is 6.80. The zero-order chi connectivity index (χ0) is 20.8. The van der Waals surface area contributed by atoms with E-state index in [9.17, 15) is 9.59 Å². The highest BCUT2D eigenvalue weighted by molar-refractivity contribution is 6.34. The van der Waals surface area contributed by atoms with Crippen molar-refractivity contribution in [3.05, 3.63) is 110 Å². The van der Waals surface area contributed by atoms with Gasteiger partial charge in [0.1, 0.15) is 0 Å². The maximum atomic E-state index is 13.2. The highest BCUT2D eigenvalue weighted by atomic mass is 35.5. The molecule has 7 heteroatoms. The molecular weight excluding hydrogens is 421 g/mol. The maximum Gasteiger partial charge on any atom is 0.264 e. The standard InChI is InChI=1S/C23H13Cl2N3O2/c24-14-10-15(25)12-17(11-14)28-9-7-21-19(23(28)30)13-18-20(26-21)6-8-27(22(18)29)16-4-2-1-3-5-16/h1-13H.